The molecule has 0 aromatic heterocycles. The molecule has 1 aliphatic rings. The minimum atomic E-state index is -0.667. The van der Waals surface area contributed by atoms with Crippen LogP contribution in [0.3, 0.4) is 0 Å². The topological polar surface area (TPSA) is 85.9 Å². The van der Waals surface area contributed by atoms with Gasteiger partial charge < -0.3 is 24.8 Å². The molecule has 0 aliphatic carbocycles. The molecule has 1 aliphatic heterocycles. The maximum Gasteiger partial charge on any atom is 0.338 e. The van der Waals surface area contributed by atoms with Gasteiger partial charge in [-0.2, -0.15) is 0 Å². The van der Waals surface area contributed by atoms with Crippen LogP contribution in [0.4, 0.5) is 4.79 Å². The Morgan fingerprint density at radius 2 is 2.04 bits per heavy atom. The highest BCUT2D eigenvalue weighted by Gasteiger charge is 2.33. The number of esters is 1. The van der Waals surface area contributed by atoms with Gasteiger partial charge in [0, 0.05) is 5.70 Å². The summed E-state index contributed by atoms with van der Waals surface area (Å²) >= 11 is 3.47. The molecular formula is C19H25BrN2O5. The van der Waals surface area contributed by atoms with Crippen molar-refractivity contribution in [2.45, 2.75) is 33.7 Å². The Morgan fingerprint density at radius 1 is 1.33 bits per heavy atom. The van der Waals surface area contributed by atoms with Crippen LogP contribution in [0.1, 0.15) is 39.3 Å². The van der Waals surface area contributed by atoms with E-state index in [0.717, 1.165) is 0 Å². The van der Waals surface area contributed by atoms with E-state index in [1.165, 1.54) is 0 Å². The molecule has 1 atom stereocenters. The number of carbonyl (C=O) groups is 2. The Balaban J connectivity index is 2.48. The van der Waals surface area contributed by atoms with Crippen LogP contribution in [-0.2, 0) is 9.53 Å². The lowest BCUT2D eigenvalue weighted by molar-refractivity contribution is -0.140. The summed E-state index contributed by atoms with van der Waals surface area (Å²) in [6.45, 7) is 8.21. The van der Waals surface area contributed by atoms with Crippen molar-refractivity contribution in [1.29, 1.82) is 0 Å². The third-order valence-corrected chi connectivity index (χ3v) is 4.50. The van der Waals surface area contributed by atoms with E-state index in [4.69, 9.17) is 14.2 Å². The minimum Gasteiger partial charge on any atom is -0.492 e. The van der Waals surface area contributed by atoms with Crippen molar-refractivity contribution in [2.75, 3.05) is 20.3 Å². The fourth-order valence-electron chi connectivity index (χ4n) is 2.75. The van der Waals surface area contributed by atoms with E-state index >= 15 is 0 Å². The summed E-state index contributed by atoms with van der Waals surface area (Å²) in [4.78, 5) is 24.7. The number of nitrogens with one attached hydrogen (secondary N) is 2. The van der Waals surface area contributed by atoms with Gasteiger partial charge >= 0.3 is 12.0 Å². The van der Waals surface area contributed by atoms with E-state index in [0.29, 0.717) is 46.0 Å². The van der Waals surface area contributed by atoms with Crippen molar-refractivity contribution in [1.82, 2.24) is 10.6 Å². The Bertz CT molecular complexity index is 761. The molecule has 2 N–H and O–H groups in total. The van der Waals surface area contributed by atoms with E-state index in [2.05, 4.69) is 26.6 Å². The van der Waals surface area contributed by atoms with Gasteiger partial charge in [0.1, 0.15) is 0 Å². The van der Waals surface area contributed by atoms with Gasteiger partial charge in [0.25, 0.3) is 0 Å². The molecule has 148 valence electrons. The first-order valence-corrected chi connectivity index (χ1v) is 9.53. The Hall–Kier alpha value is -2.22. The number of hydrogen-bond acceptors (Lipinski definition) is 5. The number of benzene rings is 1. The summed E-state index contributed by atoms with van der Waals surface area (Å²) in [5.74, 6) is 0.804. The Labute approximate surface area is 167 Å². The summed E-state index contributed by atoms with van der Waals surface area (Å²) < 4.78 is 17.1. The number of amides is 2. The highest BCUT2D eigenvalue weighted by atomic mass is 79.9. The van der Waals surface area contributed by atoms with Crippen molar-refractivity contribution < 1.29 is 23.8 Å². The molecular weight excluding hydrogens is 416 g/mol. The van der Waals surface area contributed by atoms with E-state index in [-0.39, 0.29) is 11.9 Å². The minimum absolute atomic E-state index is 0.208. The molecule has 0 spiro atoms. The van der Waals surface area contributed by atoms with E-state index in [1.807, 2.05) is 20.8 Å². The molecule has 27 heavy (non-hydrogen) atoms. The van der Waals surface area contributed by atoms with Gasteiger partial charge in [-0.25, -0.2) is 9.59 Å². The second kappa shape index (κ2) is 9.12. The molecule has 0 bridgehead atoms. The summed E-state index contributed by atoms with van der Waals surface area (Å²) in [5, 5.41) is 5.43. The van der Waals surface area contributed by atoms with E-state index in [9.17, 15) is 9.59 Å². The van der Waals surface area contributed by atoms with Crippen LogP contribution in [-0.4, -0.2) is 32.3 Å². The number of carbonyl (C=O) groups excluding carboxylic acids is 2. The highest BCUT2D eigenvalue weighted by molar-refractivity contribution is 9.10. The number of rotatable bonds is 7. The summed E-state index contributed by atoms with van der Waals surface area (Å²) in [6.07, 6.45) is 0. The zero-order chi connectivity index (χ0) is 20.1. The van der Waals surface area contributed by atoms with Gasteiger partial charge in [-0.05, 0) is 53.4 Å². The number of methoxy groups -OCH3 is 1. The quantitative estimate of drug-likeness (QED) is 0.631. The van der Waals surface area contributed by atoms with Gasteiger partial charge in [0.05, 0.1) is 36.4 Å². The van der Waals surface area contributed by atoms with Crippen LogP contribution in [0.15, 0.2) is 27.9 Å². The van der Waals surface area contributed by atoms with Crippen molar-refractivity contribution in [3.63, 3.8) is 0 Å². The molecule has 7 nitrogen and oxygen atoms in total. The smallest absolute Gasteiger partial charge is 0.338 e. The molecule has 1 unspecified atom stereocenters. The number of urea groups is 1. The first-order chi connectivity index (χ1) is 12.8. The lowest BCUT2D eigenvalue weighted by Crippen LogP contribution is -2.45. The fourth-order valence-corrected chi connectivity index (χ4v) is 3.37. The number of ether oxygens (including phenoxy) is 3. The maximum atomic E-state index is 12.7. The second-order valence-corrected chi connectivity index (χ2v) is 7.38. The molecule has 2 amide bonds. The predicted octanol–water partition coefficient (Wildman–Crippen LogP) is 3.68. The zero-order valence-corrected chi connectivity index (χ0v) is 17.7. The summed E-state index contributed by atoms with van der Waals surface area (Å²) in [7, 11) is 1.55. The molecule has 0 fully saturated rings. The lowest BCUT2D eigenvalue weighted by Gasteiger charge is -2.29. The second-order valence-electron chi connectivity index (χ2n) is 6.53. The van der Waals surface area contributed by atoms with Crippen molar-refractivity contribution in [3.05, 3.63) is 33.4 Å². The van der Waals surface area contributed by atoms with Gasteiger partial charge in [-0.3, -0.25) is 0 Å². The monoisotopic (exact) mass is 440 g/mol. The fraction of sp³-hybridized carbons (Fsp3) is 0.474. The lowest BCUT2D eigenvalue weighted by atomic mass is 9.95. The highest BCUT2D eigenvalue weighted by Crippen LogP contribution is 2.40. The largest absolute Gasteiger partial charge is 0.492 e. The van der Waals surface area contributed by atoms with Crippen LogP contribution < -0.4 is 20.1 Å². The summed E-state index contributed by atoms with van der Waals surface area (Å²) in [6, 6.07) is 2.50. The van der Waals surface area contributed by atoms with E-state index in [1.54, 1.807) is 26.2 Å². The maximum absolute atomic E-state index is 12.7. The predicted molar refractivity (Wildman–Crippen MR) is 105 cm³/mol. The van der Waals surface area contributed by atoms with Crippen molar-refractivity contribution >= 4 is 27.9 Å². The third-order valence-electron chi connectivity index (χ3n) is 3.91. The van der Waals surface area contributed by atoms with Crippen LogP contribution >= 0.6 is 15.9 Å². The number of halogens is 1. The van der Waals surface area contributed by atoms with Crippen LogP contribution in [0, 0.1) is 5.92 Å². The molecule has 2 rings (SSSR count). The molecule has 0 saturated carbocycles. The molecule has 0 radical (unpaired) electrons. The molecule has 0 saturated heterocycles. The normalized spacial score (nSPS) is 16.7. The first-order valence-electron chi connectivity index (χ1n) is 8.74. The Morgan fingerprint density at radius 3 is 2.63 bits per heavy atom. The van der Waals surface area contributed by atoms with Crippen LogP contribution in [0.25, 0.3) is 0 Å². The Kier molecular flexibility index (Phi) is 7.12. The van der Waals surface area contributed by atoms with Crippen molar-refractivity contribution in [2.24, 2.45) is 5.92 Å². The van der Waals surface area contributed by atoms with Gasteiger partial charge in [0.15, 0.2) is 11.5 Å². The van der Waals surface area contributed by atoms with Crippen LogP contribution in [0.5, 0.6) is 11.5 Å². The molecule has 1 aromatic carbocycles. The summed E-state index contributed by atoms with van der Waals surface area (Å²) in [5.41, 5.74) is 1.49. The van der Waals surface area contributed by atoms with Crippen molar-refractivity contribution in [3.8, 4) is 11.5 Å². The average molecular weight is 441 g/mol. The molecule has 1 heterocycles. The van der Waals surface area contributed by atoms with Crippen LogP contribution in [0.2, 0.25) is 0 Å². The SMILES string of the molecule is CCOc1cc(C2NC(=O)NC(C)=C2C(=O)OCC(C)C)cc(Br)c1OC. The zero-order valence-electron chi connectivity index (χ0n) is 16.1. The van der Waals surface area contributed by atoms with Gasteiger partial charge in [0.2, 0.25) is 0 Å². The number of allylic oxidation sites excluding steroid dienone is 1. The average Bonchev–Trinajstić information content (AvgIpc) is 2.59. The number of hydrogen-bond donors (Lipinski definition) is 2. The van der Waals surface area contributed by atoms with E-state index < -0.39 is 12.0 Å². The van der Waals surface area contributed by atoms with Gasteiger partial charge in [-0.1, -0.05) is 13.8 Å². The first kappa shape index (κ1) is 21.1. The standard InChI is InChI=1S/C19H25BrN2O5/c1-6-26-14-8-12(7-13(20)17(14)25-5)16-15(11(4)21-19(24)22-16)18(23)27-9-10(2)3/h7-8,10,16H,6,9H2,1-5H3,(H2,21,22,24). The van der Waals surface area contributed by atoms with Gasteiger partial charge in [-0.15, -0.1) is 0 Å². The molecule has 1 aromatic rings. The molecule has 8 heteroatoms. The third kappa shape index (κ3) is 4.94.